The van der Waals surface area contributed by atoms with Gasteiger partial charge in [0.25, 0.3) is 11.8 Å². The van der Waals surface area contributed by atoms with E-state index >= 15 is 0 Å². The highest BCUT2D eigenvalue weighted by Crippen LogP contribution is 2.23. The Balaban J connectivity index is 1.71. The van der Waals surface area contributed by atoms with E-state index in [0.717, 1.165) is 18.8 Å². The third-order valence-corrected chi connectivity index (χ3v) is 4.67. The summed E-state index contributed by atoms with van der Waals surface area (Å²) >= 11 is 0. The molecule has 0 bridgehead atoms. The zero-order valence-electron chi connectivity index (χ0n) is 13.5. The molecule has 0 aromatic heterocycles. The number of nitrogens with zero attached hydrogens (tertiary/aromatic N) is 2. The van der Waals surface area contributed by atoms with Crippen molar-refractivity contribution in [3.8, 4) is 0 Å². The molecule has 2 saturated heterocycles. The Labute approximate surface area is 136 Å². The molecule has 2 heterocycles. The monoisotopic (exact) mass is 317 g/mol. The van der Waals surface area contributed by atoms with Crippen molar-refractivity contribution in [2.45, 2.75) is 25.4 Å². The minimum atomic E-state index is -1.11. The van der Waals surface area contributed by atoms with Gasteiger partial charge >= 0.3 is 0 Å². The number of nitrogens with two attached hydrogens (primary N) is 1. The van der Waals surface area contributed by atoms with Gasteiger partial charge in [-0.2, -0.15) is 0 Å². The predicted octanol–water partition coefficient (Wildman–Crippen LogP) is 1.00. The number of hydrogen-bond donors (Lipinski definition) is 1. The fourth-order valence-corrected chi connectivity index (χ4v) is 3.17. The van der Waals surface area contributed by atoms with Gasteiger partial charge in [-0.3, -0.25) is 9.59 Å². The second-order valence-electron chi connectivity index (χ2n) is 6.41. The largest absolute Gasteiger partial charge is 0.372 e. The van der Waals surface area contributed by atoms with Crippen LogP contribution >= 0.6 is 0 Å². The van der Waals surface area contributed by atoms with Crippen molar-refractivity contribution in [3.05, 3.63) is 29.8 Å². The number of hydrogen-bond acceptors (Lipinski definition) is 4. The zero-order valence-corrected chi connectivity index (χ0v) is 13.5. The summed E-state index contributed by atoms with van der Waals surface area (Å²) in [6.07, 6.45) is 2.44. The quantitative estimate of drug-likeness (QED) is 0.902. The van der Waals surface area contributed by atoms with Gasteiger partial charge in [0.15, 0.2) is 5.60 Å². The molecule has 0 spiro atoms. The van der Waals surface area contributed by atoms with Crippen molar-refractivity contribution in [2.24, 2.45) is 5.73 Å². The van der Waals surface area contributed by atoms with Crippen LogP contribution in [0.1, 0.15) is 30.1 Å². The Kier molecular flexibility index (Phi) is 4.26. The Morgan fingerprint density at radius 2 is 1.78 bits per heavy atom. The van der Waals surface area contributed by atoms with Crippen LogP contribution < -0.4 is 10.6 Å². The van der Waals surface area contributed by atoms with Crippen molar-refractivity contribution >= 4 is 17.5 Å². The van der Waals surface area contributed by atoms with Crippen LogP contribution in [0, 0.1) is 0 Å². The highest BCUT2D eigenvalue weighted by Gasteiger charge is 2.39. The van der Waals surface area contributed by atoms with Crippen LogP contribution in [0.15, 0.2) is 24.3 Å². The molecule has 0 aliphatic carbocycles. The first kappa shape index (κ1) is 15.8. The van der Waals surface area contributed by atoms with E-state index in [9.17, 15) is 9.59 Å². The number of carbonyl (C=O) groups excluding carboxylic acids is 2. The fraction of sp³-hybridized carbons (Fsp3) is 0.529. The van der Waals surface area contributed by atoms with Gasteiger partial charge in [0, 0.05) is 30.9 Å². The minimum Gasteiger partial charge on any atom is -0.372 e. The number of ether oxygens (including phenoxy) is 1. The normalized spacial score (nSPS) is 24.7. The van der Waals surface area contributed by atoms with Crippen molar-refractivity contribution in [3.63, 3.8) is 0 Å². The van der Waals surface area contributed by atoms with E-state index in [0.29, 0.717) is 18.7 Å². The van der Waals surface area contributed by atoms with E-state index in [2.05, 4.69) is 4.90 Å². The van der Waals surface area contributed by atoms with Gasteiger partial charge in [-0.1, -0.05) is 0 Å². The summed E-state index contributed by atoms with van der Waals surface area (Å²) in [6, 6.07) is 7.69. The van der Waals surface area contributed by atoms with Gasteiger partial charge in [0.2, 0.25) is 0 Å². The number of rotatable bonds is 3. The summed E-state index contributed by atoms with van der Waals surface area (Å²) in [5.41, 5.74) is 6.06. The standard InChI is InChI=1S/C17H23N3O3/c1-17(16(18)22)12-20(10-11-23-17)15(21)13-4-6-14(7-5-13)19-8-2-3-9-19/h4-7H,2-3,8-12H2,1H3,(H2,18,22)/t17-/m0/s1. The van der Waals surface area contributed by atoms with Crippen LogP contribution in [0.25, 0.3) is 0 Å². The van der Waals surface area contributed by atoms with Crippen LogP contribution in [0.3, 0.4) is 0 Å². The van der Waals surface area contributed by atoms with Crippen molar-refractivity contribution in [1.29, 1.82) is 0 Å². The number of amides is 2. The Hall–Kier alpha value is -2.08. The molecule has 1 atom stereocenters. The molecule has 0 unspecified atom stereocenters. The van der Waals surface area contributed by atoms with E-state index < -0.39 is 11.5 Å². The van der Waals surface area contributed by atoms with Crippen LogP contribution in [0.2, 0.25) is 0 Å². The number of primary amides is 1. The number of carbonyl (C=O) groups is 2. The second kappa shape index (κ2) is 6.20. The molecule has 0 saturated carbocycles. The van der Waals surface area contributed by atoms with Crippen molar-refractivity contribution in [2.75, 3.05) is 37.7 Å². The summed E-state index contributed by atoms with van der Waals surface area (Å²) in [7, 11) is 0. The van der Waals surface area contributed by atoms with E-state index in [1.54, 1.807) is 11.8 Å². The second-order valence-corrected chi connectivity index (χ2v) is 6.41. The maximum atomic E-state index is 12.6. The number of morpholine rings is 1. The van der Waals surface area contributed by atoms with Crippen LogP contribution in [0.5, 0.6) is 0 Å². The highest BCUT2D eigenvalue weighted by molar-refractivity contribution is 5.95. The molecule has 2 fully saturated rings. The summed E-state index contributed by atoms with van der Waals surface area (Å²) in [6.45, 7) is 4.76. The lowest BCUT2D eigenvalue weighted by Crippen LogP contribution is -2.58. The topological polar surface area (TPSA) is 75.9 Å². The molecule has 3 rings (SSSR count). The molecule has 0 radical (unpaired) electrons. The highest BCUT2D eigenvalue weighted by atomic mass is 16.5. The molecule has 1 aromatic carbocycles. The SMILES string of the molecule is C[C@@]1(C(N)=O)CN(C(=O)c2ccc(N3CCCC3)cc2)CCO1. The first-order valence-corrected chi connectivity index (χ1v) is 8.08. The lowest BCUT2D eigenvalue weighted by atomic mass is 10.0. The molecule has 1 aromatic rings. The average molecular weight is 317 g/mol. The van der Waals surface area contributed by atoms with Gasteiger partial charge in [0.05, 0.1) is 13.2 Å². The molecule has 2 aliphatic heterocycles. The molecule has 2 N–H and O–H groups in total. The van der Waals surface area contributed by atoms with E-state index in [1.165, 1.54) is 12.8 Å². The Bertz CT molecular complexity index is 596. The lowest BCUT2D eigenvalue weighted by Gasteiger charge is -2.38. The zero-order chi connectivity index (χ0) is 16.4. The van der Waals surface area contributed by atoms with Gasteiger partial charge < -0.3 is 20.3 Å². The molecule has 6 nitrogen and oxygen atoms in total. The fourth-order valence-electron chi connectivity index (χ4n) is 3.17. The average Bonchev–Trinajstić information content (AvgIpc) is 3.09. The van der Waals surface area contributed by atoms with E-state index in [1.807, 2.05) is 24.3 Å². The maximum absolute atomic E-state index is 12.6. The molecule has 124 valence electrons. The smallest absolute Gasteiger partial charge is 0.254 e. The van der Waals surface area contributed by atoms with Crippen molar-refractivity contribution in [1.82, 2.24) is 4.90 Å². The third-order valence-electron chi connectivity index (χ3n) is 4.67. The predicted molar refractivity (Wildman–Crippen MR) is 87.3 cm³/mol. The van der Waals surface area contributed by atoms with Gasteiger partial charge in [-0.15, -0.1) is 0 Å². The summed E-state index contributed by atoms with van der Waals surface area (Å²) in [4.78, 5) is 28.1. The molecule has 2 amide bonds. The van der Waals surface area contributed by atoms with E-state index in [-0.39, 0.29) is 12.5 Å². The van der Waals surface area contributed by atoms with Gasteiger partial charge in [-0.25, -0.2) is 0 Å². The molecule has 2 aliphatic rings. The van der Waals surface area contributed by atoms with Gasteiger partial charge in [-0.05, 0) is 44.0 Å². The molecular weight excluding hydrogens is 294 g/mol. The van der Waals surface area contributed by atoms with Crippen LogP contribution in [-0.2, 0) is 9.53 Å². The Morgan fingerprint density at radius 1 is 1.13 bits per heavy atom. The third kappa shape index (κ3) is 3.17. The molecular formula is C17H23N3O3. The van der Waals surface area contributed by atoms with Crippen LogP contribution in [0.4, 0.5) is 5.69 Å². The summed E-state index contributed by atoms with van der Waals surface area (Å²) in [5, 5.41) is 0. The molecule has 6 heteroatoms. The van der Waals surface area contributed by atoms with Crippen LogP contribution in [-0.4, -0.2) is 55.1 Å². The first-order valence-electron chi connectivity index (χ1n) is 8.08. The first-order chi connectivity index (χ1) is 11.0. The summed E-state index contributed by atoms with van der Waals surface area (Å²) < 4.78 is 5.45. The maximum Gasteiger partial charge on any atom is 0.254 e. The minimum absolute atomic E-state index is 0.0891. The molecule has 23 heavy (non-hydrogen) atoms. The lowest BCUT2D eigenvalue weighted by molar-refractivity contribution is -0.150. The van der Waals surface area contributed by atoms with Crippen molar-refractivity contribution < 1.29 is 14.3 Å². The number of anilines is 1. The number of benzene rings is 1. The van der Waals surface area contributed by atoms with E-state index in [4.69, 9.17) is 10.5 Å². The van der Waals surface area contributed by atoms with Gasteiger partial charge in [0.1, 0.15) is 0 Å². The Morgan fingerprint density at radius 3 is 2.39 bits per heavy atom. The summed E-state index contributed by atoms with van der Waals surface area (Å²) in [5.74, 6) is -0.631.